The minimum absolute atomic E-state index is 0.200. The first-order valence-electron chi connectivity index (χ1n) is 5.16. The summed E-state index contributed by atoms with van der Waals surface area (Å²) >= 11 is 0. The van der Waals surface area contributed by atoms with Gasteiger partial charge in [-0.25, -0.2) is 0 Å². The van der Waals surface area contributed by atoms with Gasteiger partial charge < -0.3 is 16.0 Å². The molecular formula is C10H21N3O. The molecule has 1 saturated carbocycles. The number of hydrogen-bond acceptors (Lipinski definition) is 3. The molecule has 1 rings (SSSR count). The Morgan fingerprint density at radius 2 is 2.14 bits per heavy atom. The minimum atomic E-state index is -0.407. The lowest BCUT2D eigenvalue weighted by molar-refractivity contribution is -0.129. The molecule has 0 heterocycles. The molecule has 0 unspecified atom stereocenters. The van der Waals surface area contributed by atoms with Crippen LogP contribution in [-0.2, 0) is 4.79 Å². The molecule has 82 valence electrons. The standard InChI is InChI=1S/C10H21N3O/c1-8-6-10(7-8,9(11)14)12-4-5-13(2)3/h8,12H,4-7H2,1-3H3,(H2,11,14). The number of amides is 1. The first kappa shape index (κ1) is 11.5. The predicted octanol–water partition coefficient (Wildman–Crippen LogP) is -0.208. The number of carbonyl (C=O) groups excluding carboxylic acids is 1. The zero-order valence-electron chi connectivity index (χ0n) is 9.34. The highest BCUT2D eigenvalue weighted by Crippen LogP contribution is 2.36. The molecule has 14 heavy (non-hydrogen) atoms. The van der Waals surface area contributed by atoms with Crippen LogP contribution in [0.4, 0.5) is 0 Å². The highest BCUT2D eigenvalue weighted by Gasteiger charge is 2.46. The predicted molar refractivity (Wildman–Crippen MR) is 56.9 cm³/mol. The quantitative estimate of drug-likeness (QED) is 0.644. The summed E-state index contributed by atoms with van der Waals surface area (Å²) < 4.78 is 0. The third kappa shape index (κ3) is 2.45. The van der Waals surface area contributed by atoms with Crippen molar-refractivity contribution in [3.05, 3.63) is 0 Å². The van der Waals surface area contributed by atoms with Gasteiger partial charge in [-0.15, -0.1) is 0 Å². The van der Waals surface area contributed by atoms with Crippen molar-refractivity contribution in [1.82, 2.24) is 10.2 Å². The monoisotopic (exact) mass is 199 g/mol. The second-order valence-corrected chi connectivity index (χ2v) is 4.69. The summed E-state index contributed by atoms with van der Waals surface area (Å²) in [6.45, 7) is 3.90. The van der Waals surface area contributed by atoms with Crippen molar-refractivity contribution in [3.8, 4) is 0 Å². The van der Waals surface area contributed by atoms with Crippen molar-refractivity contribution >= 4 is 5.91 Å². The maximum absolute atomic E-state index is 11.3. The van der Waals surface area contributed by atoms with Gasteiger partial charge in [-0.3, -0.25) is 4.79 Å². The van der Waals surface area contributed by atoms with Crippen molar-refractivity contribution < 1.29 is 4.79 Å². The van der Waals surface area contributed by atoms with E-state index in [4.69, 9.17) is 5.73 Å². The molecule has 0 saturated heterocycles. The Morgan fingerprint density at radius 3 is 2.50 bits per heavy atom. The molecule has 1 aliphatic carbocycles. The number of likely N-dealkylation sites (N-methyl/N-ethyl adjacent to an activating group) is 1. The molecule has 0 aromatic heterocycles. The van der Waals surface area contributed by atoms with Gasteiger partial charge in [0, 0.05) is 13.1 Å². The number of nitrogens with zero attached hydrogens (tertiary/aromatic N) is 1. The van der Waals surface area contributed by atoms with Gasteiger partial charge in [0.25, 0.3) is 0 Å². The molecular weight excluding hydrogens is 178 g/mol. The molecule has 1 aliphatic rings. The van der Waals surface area contributed by atoms with Crippen molar-refractivity contribution in [2.24, 2.45) is 11.7 Å². The van der Waals surface area contributed by atoms with Gasteiger partial charge in [0.15, 0.2) is 0 Å². The van der Waals surface area contributed by atoms with Crippen LogP contribution in [0.1, 0.15) is 19.8 Å². The third-order valence-corrected chi connectivity index (χ3v) is 2.89. The Bertz CT molecular complexity index is 209. The average Bonchev–Trinajstić information content (AvgIpc) is 1.99. The van der Waals surface area contributed by atoms with Crippen molar-refractivity contribution in [2.45, 2.75) is 25.3 Å². The summed E-state index contributed by atoms with van der Waals surface area (Å²) in [5.74, 6) is 0.420. The van der Waals surface area contributed by atoms with E-state index in [1.807, 2.05) is 14.1 Å². The van der Waals surface area contributed by atoms with E-state index in [-0.39, 0.29) is 5.91 Å². The summed E-state index contributed by atoms with van der Waals surface area (Å²) in [5, 5.41) is 3.28. The molecule has 0 atom stereocenters. The fourth-order valence-electron chi connectivity index (χ4n) is 2.08. The zero-order chi connectivity index (χ0) is 10.8. The number of hydrogen-bond donors (Lipinski definition) is 2. The van der Waals surface area contributed by atoms with E-state index in [1.54, 1.807) is 0 Å². The van der Waals surface area contributed by atoms with Gasteiger partial charge >= 0.3 is 0 Å². The second-order valence-electron chi connectivity index (χ2n) is 4.69. The van der Waals surface area contributed by atoms with Gasteiger partial charge in [0.1, 0.15) is 0 Å². The summed E-state index contributed by atoms with van der Waals surface area (Å²) in [4.78, 5) is 13.4. The Hall–Kier alpha value is -0.610. The van der Waals surface area contributed by atoms with E-state index >= 15 is 0 Å². The number of nitrogens with two attached hydrogens (primary N) is 1. The van der Waals surface area contributed by atoms with E-state index in [0.29, 0.717) is 5.92 Å². The number of nitrogens with one attached hydrogen (secondary N) is 1. The molecule has 0 bridgehead atoms. The highest BCUT2D eigenvalue weighted by atomic mass is 16.1. The molecule has 4 nitrogen and oxygen atoms in total. The van der Waals surface area contributed by atoms with Crippen LogP contribution >= 0.6 is 0 Å². The summed E-state index contributed by atoms with van der Waals surface area (Å²) in [6.07, 6.45) is 1.77. The first-order chi connectivity index (χ1) is 6.46. The van der Waals surface area contributed by atoms with Crippen LogP contribution < -0.4 is 11.1 Å². The molecule has 3 N–H and O–H groups in total. The highest BCUT2D eigenvalue weighted by molar-refractivity contribution is 5.85. The Kier molecular flexibility index (Phi) is 3.50. The maximum atomic E-state index is 11.3. The summed E-state index contributed by atoms with van der Waals surface area (Å²) in [5.41, 5.74) is 4.99. The van der Waals surface area contributed by atoms with Gasteiger partial charge in [0.2, 0.25) is 5.91 Å². The smallest absolute Gasteiger partial charge is 0.237 e. The molecule has 0 radical (unpaired) electrons. The molecule has 0 spiro atoms. The van der Waals surface area contributed by atoms with E-state index in [0.717, 1.165) is 25.9 Å². The average molecular weight is 199 g/mol. The van der Waals surface area contributed by atoms with E-state index in [1.165, 1.54) is 0 Å². The largest absolute Gasteiger partial charge is 0.368 e. The lowest BCUT2D eigenvalue weighted by Crippen LogP contribution is -2.63. The SMILES string of the molecule is CC1CC(NCCN(C)C)(C(N)=O)C1. The van der Waals surface area contributed by atoms with E-state index in [9.17, 15) is 4.79 Å². The van der Waals surface area contributed by atoms with Gasteiger partial charge in [-0.1, -0.05) is 6.92 Å². The van der Waals surface area contributed by atoms with Crippen LogP contribution in [0, 0.1) is 5.92 Å². The van der Waals surface area contributed by atoms with Gasteiger partial charge in [-0.05, 0) is 32.9 Å². The molecule has 1 fully saturated rings. The Balaban J connectivity index is 2.35. The molecule has 0 aromatic carbocycles. The van der Waals surface area contributed by atoms with Crippen LogP contribution in [0.5, 0.6) is 0 Å². The molecule has 0 aliphatic heterocycles. The second kappa shape index (κ2) is 4.28. The van der Waals surface area contributed by atoms with Crippen LogP contribution in [0.25, 0.3) is 0 Å². The zero-order valence-corrected chi connectivity index (χ0v) is 9.34. The van der Waals surface area contributed by atoms with Crippen LogP contribution in [0.3, 0.4) is 0 Å². The lowest BCUT2D eigenvalue weighted by atomic mass is 9.68. The number of rotatable bonds is 5. The summed E-state index contributed by atoms with van der Waals surface area (Å²) in [6, 6.07) is 0. The van der Waals surface area contributed by atoms with Crippen molar-refractivity contribution in [1.29, 1.82) is 0 Å². The van der Waals surface area contributed by atoms with E-state index in [2.05, 4.69) is 17.1 Å². The first-order valence-corrected chi connectivity index (χ1v) is 5.16. The van der Waals surface area contributed by atoms with Crippen molar-refractivity contribution in [3.63, 3.8) is 0 Å². The normalized spacial score (nSPS) is 31.6. The number of carbonyl (C=O) groups is 1. The van der Waals surface area contributed by atoms with Gasteiger partial charge in [-0.2, -0.15) is 0 Å². The van der Waals surface area contributed by atoms with Crippen molar-refractivity contribution in [2.75, 3.05) is 27.2 Å². The topological polar surface area (TPSA) is 58.4 Å². The van der Waals surface area contributed by atoms with Crippen LogP contribution in [-0.4, -0.2) is 43.5 Å². The fraction of sp³-hybridized carbons (Fsp3) is 0.900. The molecule has 0 aromatic rings. The Labute approximate surface area is 85.8 Å². The molecule has 4 heteroatoms. The van der Waals surface area contributed by atoms with E-state index < -0.39 is 5.54 Å². The third-order valence-electron chi connectivity index (χ3n) is 2.89. The fourth-order valence-corrected chi connectivity index (χ4v) is 2.08. The lowest BCUT2D eigenvalue weighted by Gasteiger charge is -2.44. The van der Waals surface area contributed by atoms with Crippen LogP contribution in [0.2, 0.25) is 0 Å². The maximum Gasteiger partial charge on any atom is 0.237 e. The van der Waals surface area contributed by atoms with Crippen LogP contribution in [0.15, 0.2) is 0 Å². The summed E-state index contributed by atoms with van der Waals surface area (Å²) in [7, 11) is 4.03. The molecule has 1 amide bonds. The minimum Gasteiger partial charge on any atom is -0.368 e. The Morgan fingerprint density at radius 1 is 1.57 bits per heavy atom. The number of primary amides is 1. The van der Waals surface area contributed by atoms with Gasteiger partial charge in [0.05, 0.1) is 5.54 Å².